The van der Waals surface area contributed by atoms with Gasteiger partial charge in [-0.1, -0.05) is 11.3 Å². The number of nitrogens with one attached hydrogen (secondary N) is 1. The van der Waals surface area contributed by atoms with Crippen LogP contribution in [0.15, 0.2) is 36.7 Å². The van der Waals surface area contributed by atoms with Gasteiger partial charge in [-0.15, -0.1) is 0 Å². The highest BCUT2D eigenvalue weighted by molar-refractivity contribution is 7.22. The number of nitrogens with zero attached hydrogens (tertiary/aromatic N) is 3. The third kappa shape index (κ3) is 3.19. The van der Waals surface area contributed by atoms with Crippen molar-refractivity contribution in [1.82, 2.24) is 14.5 Å². The summed E-state index contributed by atoms with van der Waals surface area (Å²) >= 11 is 1.51. The number of benzene rings is 2. The van der Waals surface area contributed by atoms with E-state index in [1.807, 2.05) is 37.6 Å². The van der Waals surface area contributed by atoms with Crippen LogP contribution in [0, 0.1) is 0 Å². The molecular formula is C19H19N5O2S. The van der Waals surface area contributed by atoms with Gasteiger partial charge in [-0.2, -0.15) is 0 Å². The van der Waals surface area contributed by atoms with Crippen molar-refractivity contribution in [3.05, 3.63) is 42.2 Å². The van der Waals surface area contributed by atoms with Crippen molar-refractivity contribution in [2.75, 3.05) is 5.32 Å². The number of amides is 1. The van der Waals surface area contributed by atoms with E-state index in [9.17, 15) is 4.79 Å². The van der Waals surface area contributed by atoms with Gasteiger partial charge >= 0.3 is 0 Å². The van der Waals surface area contributed by atoms with Gasteiger partial charge in [0.25, 0.3) is 0 Å². The minimum absolute atomic E-state index is 0.00603. The molecule has 0 bridgehead atoms. The lowest BCUT2D eigenvalue weighted by Crippen LogP contribution is -2.12. The highest BCUT2D eigenvalue weighted by Gasteiger charge is 2.14. The molecule has 2 aromatic carbocycles. The number of hydrogen-bond donors (Lipinski definition) is 2. The Morgan fingerprint density at radius 3 is 2.81 bits per heavy atom. The number of nitrogens with two attached hydrogens (primary N) is 1. The largest absolute Gasteiger partial charge is 0.489 e. The fourth-order valence-corrected chi connectivity index (χ4v) is 3.78. The van der Waals surface area contributed by atoms with Crippen LogP contribution < -0.4 is 15.8 Å². The van der Waals surface area contributed by atoms with Crippen LogP contribution in [0.2, 0.25) is 0 Å². The van der Waals surface area contributed by atoms with E-state index in [0.29, 0.717) is 22.1 Å². The van der Waals surface area contributed by atoms with Gasteiger partial charge in [0.2, 0.25) is 5.91 Å². The number of carbonyl (C=O) groups is 1. The molecule has 2 aromatic heterocycles. The zero-order valence-electron chi connectivity index (χ0n) is 15.2. The van der Waals surface area contributed by atoms with Gasteiger partial charge in [0.15, 0.2) is 5.13 Å². The number of imidazole rings is 1. The molecule has 0 aliphatic carbocycles. The number of hydrogen-bond acceptors (Lipinski definition) is 6. The van der Waals surface area contributed by atoms with Gasteiger partial charge in [0, 0.05) is 12.6 Å². The fourth-order valence-electron chi connectivity index (χ4n) is 2.89. The first kappa shape index (κ1) is 17.3. The lowest BCUT2D eigenvalue weighted by Gasteiger charge is -2.15. The van der Waals surface area contributed by atoms with Gasteiger partial charge in [-0.05, 0) is 44.2 Å². The zero-order chi connectivity index (χ0) is 19.1. The molecule has 0 aliphatic heterocycles. The monoisotopic (exact) mass is 381 g/mol. The number of aromatic nitrogens is 3. The molecule has 0 saturated carbocycles. The van der Waals surface area contributed by atoms with E-state index < -0.39 is 5.91 Å². The highest BCUT2D eigenvalue weighted by atomic mass is 32.1. The lowest BCUT2D eigenvalue weighted by atomic mass is 10.1. The van der Waals surface area contributed by atoms with E-state index in [1.54, 1.807) is 24.5 Å². The van der Waals surface area contributed by atoms with Crippen molar-refractivity contribution in [3.8, 4) is 5.75 Å². The van der Waals surface area contributed by atoms with Gasteiger partial charge in [-0.25, -0.2) is 9.97 Å². The molecule has 0 unspecified atom stereocenters. The summed E-state index contributed by atoms with van der Waals surface area (Å²) in [4.78, 5) is 20.7. The molecule has 0 saturated heterocycles. The summed E-state index contributed by atoms with van der Waals surface area (Å²) in [5.74, 6) is 0.144. The zero-order valence-corrected chi connectivity index (χ0v) is 16.0. The van der Waals surface area contributed by atoms with E-state index >= 15 is 0 Å². The van der Waals surface area contributed by atoms with Crippen LogP contribution in [0.25, 0.3) is 21.3 Å². The van der Waals surface area contributed by atoms with Crippen molar-refractivity contribution in [2.24, 2.45) is 12.8 Å². The Morgan fingerprint density at radius 1 is 1.26 bits per heavy atom. The van der Waals surface area contributed by atoms with E-state index in [1.165, 1.54) is 11.3 Å². The number of carbonyl (C=O) groups excluding carboxylic acids is 1. The fraction of sp³-hybridized carbons (Fsp3) is 0.211. The smallest absolute Gasteiger partial charge is 0.248 e. The summed E-state index contributed by atoms with van der Waals surface area (Å²) in [6, 6.07) is 9.15. The Bertz CT molecular complexity index is 1160. The molecule has 0 fully saturated rings. The molecular weight excluding hydrogens is 362 g/mol. The summed E-state index contributed by atoms with van der Waals surface area (Å²) in [6.07, 6.45) is 1.77. The highest BCUT2D eigenvalue weighted by Crippen LogP contribution is 2.35. The molecule has 2 heterocycles. The molecule has 0 atom stereocenters. The number of anilines is 2. The van der Waals surface area contributed by atoms with E-state index in [0.717, 1.165) is 21.3 Å². The standard InChI is InChI=1S/C19H19N5O2S/c1-10(2)26-14-6-4-11(18(20)25)8-12(14)22-19-23-17-15(27-19)7-5-13-16(17)21-9-24(13)3/h4-10H,1-3H3,(H2,20,25)(H,22,23). The molecule has 0 radical (unpaired) electrons. The van der Waals surface area contributed by atoms with Crippen LogP contribution >= 0.6 is 11.3 Å². The quantitative estimate of drug-likeness (QED) is 0.548. The van der Waals surface area contributed by atoms with Gasteiger partial charge in [0.05, 0.1) is 28.3 Å². The third-order valence-electron chi connectivity index (χ3n) is 4.12. The van der Waals surface area contributed by atoms with Crippen LogP contribution in [-0.4, -0.2) is 26.5 Å². The Labute approximate surface area is 159 Å². The molecule has 4 aromatic rings. The summed E-state index contributed by atoms with van der Waals surface area (Å²) in [5, 5.41) is 3.97. The molecule has 3 N–H and O–H groups in total. The maximum Gasteiger partial charge on any atom is 0.248 e. The molecule has 8 heteroatoms. The van der Waals surface area contributed by atoms with Crippen LogP contribution in [0.5, 0.6) is 5.75 Å². The van der Waals surface area contributed by atoms with Gasteiger partial charge < -0.3 is 20.4 Å². The van der Waals surface area contributed by atoms with Crippen molar-refractivity contribution in [3.63, 3.8) is 0 Å². The molecule has 1 amide bonds. The summed E-state index contributed by atoms with van der Waals surface area (Å²) < 4.78 is 8.84. The lowest BCUT2D eigenvalue weighted by molar-refractivity contribution is 0.100. The molecule has 138 valence electrons. The third-order valence-corrected chi connectivity index (χ3v) is 5.06. The Balaban J connectivity index is 1.77. The average Bonchev–Trinajstić information content (AvgIpc) is 3.19. The number of thiazole rings is 1. The van der Waals surface area contributed by atoms with E-state index in [4.69, 9.17) is 15.5 Å². The van der Waals surface area contributed by atoms with Crippen LogP contribution in [-0.2, 0) is 7.05 Å². The number of aryl methyl sites for hydroxylation is 1. The van der Waals surface area contributed by atoms with Crippen LogP contribution in [0.3, 0.4) is 0 Å². The summed E-state index contributed by atoms with van der Waals surface area (Å²) in [7, 11) is 1.96. The van der Waals surface area contributed by atoms with Gasteiger partial charge in [-0.3, -0.25) is 4.79 Å². The predicted octanol–water partition coefficient (Wildman–Crippen LogP) is 3.81. The number of primary amides is 1. The number of fused-ring (bicyclic) bond motifs is 3. The minimum Gasteiger partial charge on any atom is -0.489 e. The van der Waals surface area contributed by atoms with Crippen molar-refractivity contribution < 1.29 is 9.53 Å². The van der Waals surface area contributed by atoms with Gasteiger partial charge in [0.1, 0.15) is 16.8 Å². The maximum absolute atomic E-state index is 11.6. The van der Waals surface area contributed by atoms with Crippen LogP contribution in [0.1, 0.15) is 24.2 Å². The van der Waals surface area contributed by atoms with E-state index in [-0.39, 0.29) is 6.10 Å². The second-order valence-corrected chi connectivity index (χ2v) is 7.55. The summed E-state index contributed by atoms with van der Waals surface area (Å²) in [5.41, 5.74) is 9.21. The summed E-state index contributed by atoms with van der Waals surface area (Å²) in [6.45, 7) is 3.89. The first-order chi connectivity index (χ1) is 12.9. The average molecular weight is 381 g/mol. The predicted molar refractivity (Wildman–Crippen MR) is 108 cm³/mol. The molecule has 0 aliphatic rings. The first-order valence-corrected chi connectivity index (χ1v) is 9.32. The van der Waals surface area contributed by atoms with Crippen LogP contribution in [0.4, 0.5) is 10.8 Å². The van der Waals surface area contributed by atoms with Crippen molar-refractivity contribution in [1.29, 1.82) is 0 Å². The molecule has 0 spiro atoms. The SMILES string of the molecule is CC(C)Oc1ccc(C(N)=O)cc1Nc1nc2c(ccc3c2ncn3C)s1. The number of rotatable bonds is 5. The molecule has 27 heavy (non-hydrogen) atoms. The minimum atomic E-state index is -0.492. The Morgan fingerprint density at radius 2 is 2.07 bits per heavy atom. The topological polar surface area (TPSA) is 95.1 Å². The second-order valence-electron chi connectivity index (χ2n) is 6.52. The first-order valence-electron chi connectivity index (χ1n) is 8.50. The Kier molecular flexibility index (Phi) is 4.19. The maximum atomic E-state index is 11.6. The normalized spacial score (nSPS) is 11.4. The van der Waals surface area contributed by atoms with Crippen molar-refractivity contribution in [2.45, 2.75) is 20.0 Å². The number of ether oxygens (including phenoxy) is 1. The molecule has 4 rings (SSSR count). The van der Waals surface area contributed by atoms with E-state index in [2.05, 4.69) is 10.3 Å². The Hall–Kier alpha value is -3.13. The van der Waals surface area contributed by atoms with Crippen molar-refractivity contribution >= 4 is 49.3 Å². The second kappa shape index (κ2) is 6.55. The molecule has 7 nitrogen and oxygen atoms in total.